The molecule has 4 nitrogen and oxygen atoms in total. The van der Waals surface area contributed by atoms with Crippen molar-refractivity contribution in [1.29, 1.82) is 0 Å². The van der Waals surface area contributed by atoms with Gasteiger partial charge < -0.3 is 19.3 Å². The van der Waals surface area contributed by atoms with Crippen LogP contribution in [0.25, 0.3) is 24.3 Å². The number of anilines is 2. The van der Waals surface area contributed by atoms with Gasteiger partial charge in [-0.3, -0.25) is 0 Å². The normalized spacial score (nSPS) is 11.4. The summed E-state index contributed by atoms with van der Waals surface area (Å²) in [6.45, 7) is 13.5. The largest absolute Gasteiger partial charge is 0.496 e. The lowest BCUT2D eigenvalue weighted by molar-refractivity contribution is 0.303. The molecule has 0 saturated heterocycles. The van der Waals surface area contributed by atoms with Crippen LogP contribution in [-0.4, -0.2) is 45.6 Å². The molecule has 0 spiro atoms. The highest BCUT2D eigenvalue weighted by molar-refractivity contribution is 7.80. The highest BCUT2D eigenvalue weighted by Crippen LogP contribution is 2.32. The van der Waals surface area contributed by atoms with Gasteiger partial charge in [-0.1, -0.05) is 93.5 Å². The standard InChI is InChI=1S/C42H60N2O2S/c1-6-43(7-2)39-27-21-35(22-28-39)19-25-37-34-42(46-31-17-15-13-11-10-12-14-16-18-32-47)38(33-41(37)45-5)26-20-36-23-29-40(30-24-36)44(8-3)9-4/h19-30,33-34,47H,6-18,31-32H2,1-5H3. The van der Waals surface area contributed by atoms with Crippen molar-refractivity contribution in [2.24, 2.45) is 0 Å². The lowest BCUT2D eigenvalue weighted by Crippen LogP contribution is -2.21. The maximum Gasteiger partial charge on any atom is 0.127 e. The van der Waals surface area contributed by atoms with Gasteiger partial charge in [0.15, 0.2) is 0 Å². The molecule has 0 amide bonds. The van der Waals surface area contributed by atoms with Crippen molar-refractivity contribution in [3.63, 3.8) is 0 Å². The van der Waals surface area contributed by atoms with Gasteiger partial charge in [-0.2, -0.15) is 12.6 Å². The van der Waals surface area contributed by atoms with E-state index in [1.807, 2.05) is 0 Å². The van der Waals surface area contributed by atoms with Crippen LogP contribution < -0.4 is 19.3 Å². The third-order valence-corrected chi connectivity index (χ3v) is 9.19. The summed E-state index contributed by atoms with van der Waals surface area (Å²) >= 11 is 4.32. The maximum absolute atomic E-state index is 6.48. The van der Waals surface area contributed by atoms with Crippen LogP contribution in [0.2, 0.25) is 0 Å². The molecule has 0 aliphatic carbocycles. The molecule has 0 radical (unpaired) electrons. The summed E-state index contributed by atoms with van der Waals surface area (Å²) in [5.74, 6) is 2.74. The molecular formula is C42H60N2O2S. The van der Waals surface area contributed by atoms with E-state index in [4.69, 9.17) is 9.47 Å². The van der Waals surface area contributed by atoms with E-state index in [-0.39, 0.29) is 0 Å². The van der Waals surface area contributed by atoms with Crippen molar-refractivity contribution < 1.29 is 9.47 Å². The van der Waals surface area contributed by atoms with Crippen LogP contribution in [0.1, 0.15) is 108 Å². The predicted octanol–water partition coefficient (Wildman–Crippen LogP) is 11.5. The van der Waals surface area contributed by atoms with Gasteiger partial charge in [0, 0.05) is 48.7 Å². The fourth-order valence-corrected chi connectivity index (χ4v) is 6.15. The fraction of sp³-hybridized carbons (Fsp3) is 0.476. The summed E-state index contributed by atoms with van der Waals surface area (Å²) in [5.41, 5.74) is 6.86. The molecule has 0 N–H and O–H groups in total. The second kappa shape index (κ2) is 22.3. The Morgan fingerprint density at radius 1 is 0.532 bits per heavy atom. The molecule has 0 unspecified atom stereocenters. The third-order valence-electron chi connectivity index (χ3n) is 8.88. The first kappa shape index (κ1) is 38.1. The number of benzene rings is 3. The molecule has 3 aromatic rings. The van der Waals surface area contributed by atoms with E-state index in [0.717, 1.165) is 72.1 Å². The zero-order valence-electron chi connectivity index (χ0n) is 29.8. The van der Waals surface area contributed by atoms with Gasteiger partial charge in [0.1, 0.15) is 11.5 Å². The first-order valence-corrected chi connectivity index (χ1v) is 18.7. The summed E-state index contributed by atoms with van der Waals surface area (Å²) in [4.78, 5) is 4.72. The summed E-state index contributed by atoms with van der Waals surface area (Å²) in [5, 5.41) is 0. The van der Waals surface area contributed by atoms with Crippen LogP contribution in [0.4, 0.5) is 11.4 Å². The Balaban J connectivity index is 1.74. The summed E-state index contributed by atoms with van der Waals surface area (Å²) in [6.07, 6.45) is 20.0. The van der Waals surface area contributed by atoms with E-state index in [2.05, 4.69) is 135 Å². The Bertz CT molecular complexity index is 1330. The molecule has 0 aliphatic heterocycles. The molecule has 0 aliphatic rings. The fourth-order valence-electron chi connectivity index (χ4n) is 5.93. The minimum Gasteiger partial charge on any atom is -0.496 e. The van der Waals surface area contributed by atoms with Crippen LogP contribution in [0, 0.1) is 0 Å². The second-order valence-electron chi connectivity index (χ2n) is 12.1. The monoisotopic (exact) mass is 656 g/mol. The average molecular weight is 657 g/mol. The topological polar surface area (TPSA) is 24.9 Å². The van der Waals surface area contributed by atoms with Crippen molar-refractivity contribution >= 4 is 48.3 Å². The van der Waals surface area contributed by atoms with Crippen LogP contribution in [0.5, 0.6) is 11.5 Å². The smallest absolute Gasteiger partial charge is 0.127 e. The number of hydrogen-bond donors (Lipinski definition) is 1. The van der Waals surface area contributed by atoms with E-state index < -0.39 is 0 Å². The number of nitrogens with zero attached hydrogens (tertiary/aromatic N) is 2. The van der Waals surface area contributed by atoms with Crippen molar-refractivity contribution in [3.05, 3.63) is 82.9 Å². The minimum absolute atomic E-state index is 0.712. The van der Waals surface area contributed by atoms with Gasteiger partial charge in [0.25, 0.3) is 0 Å². The Labute approximate surface area is 292 Å². The van der Waals surface area contributed by atoms with Crippen molar-refractivity contribution in [1.82, 2.24) is 0 Å². The molecule has 0 heterocycles. The van der Waals surface area contributed by atoms with E-state index in [9.17, 15) is 0 Å². The lowest BCUT2D eigenvalue weighted by Gasteiger charge is -2.20. The van der Waals surface area contributed by atoms with E-state index >= 15 is 0 Å². The molecule has 0 saturated carbocycles. The number of rotatable bonds is 23. The molecule has 256 valence electrons. The highest BCUT2D eigenvalue weighted by Gasteiger charge is 2.10. The molecular weight excluding hydrogens is 597 g/mol. The average Bonchev–Trinajstić information content (AvgIpc) is 3.11. The Morgan fingerprint density at radius 3 is 1.36 bits per heavy atom. The van der Waals surface area contributed by atoms with E-state index in [1.54, 1.807) is 7.11 Å². The number of ether oxygens (including phenoxy) is 2. The van der Waals surface area contributed by atoms with Crippen molar-refractivity contribution in [2.45, 2.75) is 85.5 Å². The molecule has 0 atom stereocenters. The van der Waals surface area contributed by atoms with Crippen LogP contribution in [0.15, 0.2) is 60.7 Å². The van der Waals surface area contributed by atoms with Crippen molar-refractivity contribution in [3.8, 4) is 11.5 Å². The van der Waals surface area contributed by atoms with Gasteiger partial charge in [-0.25, -0.2) is 0 Å². The molecule has 0 aromatic heterocycles. The van der Waals surface area contributed by atoms with Crippen molar-refractivity contribution in [2.75, 3.05) is 55.4 Å². The summed E-state index contributed by atoms with van der Waals surface area (Å²) < 4.78 is 12.4. The van der Waals surface area contributed by atoms with Gasteiger partial charge in [0.2, 0.25) is 0 Å². The van der Waals surface area contributed by atoms with Crippen LogP contribution in [-0.2, 0) is 0 Å². The third kappa shape index (κ3) is 13.0. The first-order valence-electron chi connectivity index (χ1n) is 18.1. The first-order chi connectivity index (χ1) is 23.1. The Kier molecular flexibility index (Phi) is 18.1. The summed E-state index contributed by atoms with van der Waals surface area (Å²) in [7, 11) is 1.74. The van der Waals surface area contributed by atoms with Gasteiger partial charge in [-0.05, 0) is 93.8 Å². The molecule has 5 heteroatoms. The number of hydrogen-bond acceptors (Lipinski definition) is 5. The number of methoxy groups -OCH3 is 1. The van der Waals surface area contributed by atoms with Crippen LogP contribution >= 0.6 is 12.6 Å². The predicted molar refractivity (Wildman–Crippen MR) is 212 cm³/mol. The quantitative estimate of drug-likeness (QED) is 0.0624. The molecule has 0 bridgehead atoms. The SMILES string of the molecule is CCN(CC)c1ccc(C=Cc2cc(OCCCCCCCCCCCS)c(C=Cc3ccc(N(CC)CC)cc3)cc2OC)cc1. The van der Waals surface area contributed by atoms with Crippen LogP contribution in [0.3, 0.4) is 0 Å². The lowest BCUT2D eigenvalue weighted by atomic mass is 10.0. The highest BCUT2D eigenvalue weighted by atomic mass is 32.1. The van der Waals surface area contributed by atoms with Gasteiger partial charge >= 0.3 is 0 Å². The summed E-state index contributed by atoms with van der Waals surface area (Å²) in [6, 6.07) is 21.8. The molecule has 47 heavy (non-hydrogen) atoms. The van der Waals surface area contributed by atoms with E-state index in [0.29, 0.717) is 6.61 Å². The van der Waals surface area contributed by atoms with Gasteiger partial charge in [-0.15, -0.1) is 0 Å². The molecule has 0 fully saturated rings. The zero-order valence-corrected chi connectivity index (χ0v) is 30.7. The second-order valence-corrected chi connectivity index (χ2v) is 12.5. The maximum atomic E-state index is 6.48. The molecule has 3 aromatic carbocycles. The van der Waals surface area contributed by atoms with Gasteiger partial charge in [0.05, 0.1) is 13.7 Å². The Morgan fingerprint density at radius 2 is 0.936 bits per heavy atom. The molecule has 3 rings (SSSR count). The minimum atomic E-state index is 0.712. The zero-order chi connectivity index (χ0) is 33.7. The number of thiol groups is 1. The Hall–Kier alpha value is -3.31. The van der Waals surface area contributed by atoms with E-state index in [1.165, 1.54) is 62.7 Å². The number of unbranched alkanes of at least 4 members (excludes halogenated alkanes) is 8.